The summed E-state index contributed by atoms with van der Waals surface area (Å²) < 4.78 is 52.8. The predicted molar refractivity (Wildman–Crippen MR) is 405 cm³/mol. The van der Waals surface area contributed by atoms with Crippen LogP contribution in [0, 0.1) is 69.0 Å². The molecule has 2 unspecified atom stereocenters. The Hall–Kier alpha value is -4.29. The summed E-state index contributed by atoms with van der Waals surface area (Å²) in [5.74, 6) is 6.57. The van der Waals surface area contributed by atoms with Crippen LogP contribution in [0.2, 0.25) is 6.32 Å². The van der Waals surface area contributed by atoms with Gasteiger partial charge in [-0.3, -0.25) is 0 Å². The molecule has 6 aromatic rings. The van der Waals surface area contributed by atoms with Crippen LogP contribution in [-0.2, 0) is 35.9 Å². The molecule has 0 amide bonds. The average molecular weight is 1410 g/mol. The number of aliphatic hydroxyl groups is 5. The van der Waals surface area contributed by atoms with E-state index in [1.165, 1.54) is 11.1 Å². The molecule has 8 bridgehead atoms. The SMILES string of the molecule is CC1(C)OB(Cc2coc3ccccc23)OC1(C)C.CC1(C)[C@@H]2C[C@@H](O)[C@@](C)(O)[C@H]1C2.CC1(C)[C@@H]2C[C@@H](O)[C@@](C)(O[B][C@H](Cl)CC3COc4ccccc43)[C@H]1C2.CC1(C)[C@@H]2C[C@@H](O[B]CC3COc4ccccc43)[C@@](C)(O)[C@H]1C2.CC1(C)[C@@H]2C[C@@H](O[B]Cc3coc4ccccc34)[C@@](C)(O)[C@H]1C2. The third-order valence-corrected chi connectivity index (χ3v) is 29.2. The second-order valence-corrected chi connectivity index (χ2v) is 37.1. The van der Waals surface area contributed by atoms with Crippen molar-refractivity contribution in [3.63, 3.8) is 0 Å². The lowest BCUT2D eigenvalue weighted by atomic mass is 9.43. The van der Waals surface area contributed by atoms with Crippen LogP contribution in [0.3, 0.4) is 0 Å². The van der Waals surface area contributed by atoms with E-state index in [0.717, 1.165) is 115 Å². The molecular formula is C83H114B4ClO14. The topological polar surface area (TPSA) is 192 Å². The number of aliphatic hydroxyl groups excluding tert-OH is 2. The Morgan fingerprint density at radius 3 is 1.41 bits per heavy atom. The zero-order valence-corrected chi connectivity index (χ0v) is 64.3. The van der Waals surface area contributed by atoms with E-state index < -0.39 is 34.6 Å². The lowest BCUT2D eigenvalue weighted by Crippen LogP contribution is -2.67. The zero-order valence-electron chi connectivity index (χ0n) is 63.5. The lowest BCUT2D eigenvalue weighted by Gasteiger charge is -2.65. The van der Waals surface area contributed by atoms with Gasteiger partial charge in [0.15, 0.2) is 0 Å². The van der Waals surface area contributed by atoms with Crippen molar-refractivity contribution in [2.45, 2.75) is 263 Å². The van der Waals surface area contributed by atoms with E-state index in [-0.39, 0.29) is 57.5 Å². The van der Waals surface area contributed by atoms with Crippen molar-refractivity contribution < 1.29 is 67.1 Å². The molecule has 13 fully saturated rings. The van der Waals surface area contributed by atoms with Crippen molar-refractivity contribution in [2.75, 3.05) is 13.2 Å². The number of para-hydroxylation sites is 4. The summed E-state index contributed by atoms with van der Waals surface area (Å²) in [5, 5.41) is 54.2. The Morgan fingerprint density at radius 1 is 0.490 bits per heavy atom. The minimum atomic E-state index is -0.849. The molecule has 19 atom stereocenters. The molecule has 3 radical (unpaired) electrons. The van der Waals surface area contributed by atoms with Gasteiger partial charge in [-0.2, -0.15) is 0 Å². The Labute approximate surface area is 615 Å². The summed E-state index contributed by atoms with van der Waals surface area (Å²) in [6.45, 7) is 35.5. The van der Waals surface area contributed by atoms with Gasteiger partial charge < -0.3 is 67.1 Å². The predicted octanol–water partition coefficient (Wildman–Crippen LogP) is 15.9. The van der Waals surface area contributed by atoms with Gasteiger partial charge in [0.1, 0.15) is 22.7 Å². The van der Waals surface area contributed by atoms with E-state index in [2.05, 4.69) is 113 Å². The largest absolute Gasteiger partial charge is 0.493 e. The first-order valence-corrected chi connectivity index (χ1v) is 38.6. The summed E-state index contributed by atoms with van der Waals surface area (Å²) in [6, 6.07) is 32.5. The number of benzene rings is 4. The van der Waals surface area contributed by atoms with Crippen molar-refractivity contribution in [1.29, 1.82) is 0 Å². The van der Waals surface area contributed by atoms with Gasteiger partial charge in [-0.05, 0) is 236 Å². The minimum absolute atomic E-state index is 0.0724. The normalized spacial score (nSPS) is 37.1. The van der Waals surface area contributed by atoms with Crippen molar-refractivity contribution in [1.82, 2.24) is 0 Å². The van der Waals surface area contributed by atoms with E-state index in [0.29, 0.717) is 78.4 Å². The zero-order chi connectivity index (χ0) is 73.1. The molecule has 14 nitrogen and oxygen atoms in total. The highest BCUT2D eigenvalue weighted by Crippen LogP contribution is 2.66. The number of furan rings is 2. The maximum atomic E-state index is 11.0. The fraction of sp³-hybridized carbons (Fsp3) is 0.663. The van der Waals surface area contributed by atoms with Crippen molar-refractivity contribution >= 4 is 63.1 Å². The average Bonchev–Trinajstić information content (AvgIpc) is 0.887. The molecule has 19 heteroatoms. The number of hydrogen-bond acceptors (Lipinski definition) is 14. The van der Waals surface area contributed by atoms with E-state index in [4.69, 9.17) is 53.2 Å². The highest BCUT2D eigenvalue weighted by atomic mass is 35.5. The lowest BCUT2D eigenvalue weighted by molar-refractivity contribution is -0.245. The van der Waals surface area contributed by atoms with Gasteiger partial charge in [0, 0.05) is 39.8 Å². The quantitative estimate of drug-likeness (QED) is 0.0482. The maximum Gasteiger partial charge on any atom is 0.462 e. The highest BCUT2D eigenvalue weighted by molar-refractivity contribution is 6.48. The van der Waals surface area contributed by atoms with Gasteiger partial charge in [0.25, 0.3) is 15.0 Å². The number of halogens is 1. The van der Waals surface area contributed by atoms with Gasteiger partial charge in [0.05, 0.1) is 83.8 Å². The van der Waals surface area contributed by atoms with Crippen molar-refractivity contribution in [3.05, 3.63) is 132 Å². The number of rotatable bonds is 15. The van der Waals surface area contributed by atoms with Gasteiger partial charge in [0.2, 0.25) is 0 Å². The van der Waals surface area contributed by atoms with E-state index in [9.17, 15) is 25.5 Å². The molecule has 2 aromatic heterocycles. The molecule has 5 N–H and O–H groups in total. The first-order valence-electron chi connectivity index (χ1n) is 38.2. The smallest absolute Gasteiger partial charge is 0.462 e. The van der Waals surface area contributed by atoms with Crippen LogP contribution in [0.15, 0.2) is 118 Å². The molecule has 3 aliphatic heterocycles. The number of alkyl halides is 1. The summed E-state index contributed by atoms with van der Waals surface area (Å²) >= 11 is 6.57. The van der Waals surface area contributed by atoms with E-state index >= 15 is 0 Å². The van der Waals surface area contributed by atoms with Crippen LogP contribution in [0.25, 0.3) is 21.9 Å². The minimum Gasteiger partial charge on any atom is -0.493 e. The molecule has 12 saturated carbocycles. The molecule has 102 heavy (non-hydrogen) atoms. The summed E-state index contributed by atoms with van der Waals surface area (Å²) in [5.41, 5.74) is 4.14. The fourth-order valence-electron chi connectivity index (χ4n) is 20.6. The molecule has 549 valence electrons. The van der Waals surface area contributed by atoms with Crippen LogP contribution in [-0.4, -0.2) is 132 Å². The molecule has 5 heterocycles. The fourth-order valence-corrected chi connectivity index (χ4v) is 20.9. The van der Waals surface area contributed by atoms with Crippen LogP contribution in [0.4, 0.5) is 0 Å². The van der Waals surface area contributed by atoms with Crippen LogP contribution in [0.1, 0.15) is 203 Å². The molecule has 1 saturated heterocycles. The first kappa shape index (κ1) is 75.9. The Balaban J connectivity index is 0.000000116. The molecule has 4 aromatic carbocycles. The van der Waals surface area contributed by atoms with Gasteiger partial charge >= 0.3 is 14.6 Å². The summed E-state index contributed by atoms with van der Waals surface area (Å²) in [6.07, 6.45) is 13.5. The molecule has 12 aliphatic carbocycles. The second-order valence-electron chi connectivity index (χ2n) is 36.6. The van der Waals surface area contributed by atoms with Crippen LogP contribution >= 0.6 is 11.6 Å². The van der Waals surface area contributed by atoms with Crippen LogP contribution < -0.4 is 9.47 Å². The van der Waals surface area contributed by atoms with Gasteiger partial charge in [-0.25, -0.2) is 0 Å². The molecule has 21 rings (SSSR count). The van der Waals surface area contributed by atoms with Gasteiger partial charge in [-0.1, -0.05) is 128 Å². The Bertz CT molecular complexity index is 3880. The third-order valence-electron chi connectivity index (χ3n) is 28.9. The van der Waals surface area contributed by atoms with E-state index in [1.807, 2.05) is 102 Å². The summed E-state index contributed by atoms with van der Waals surface area (Å²) in [4.78, 5) is 0. The Kier molecular flexibility index (Phi) is 20.9. The monoisotopic (exact) mass is 1410 g/mol. The van der Waals surface area contributed by atoms with E-state index in [1.54, 1.807) is 26.9 Å². The number of hydrogen-bond donors (Lipinski definition) is 5. The molecule has 15 aliphatic rings. The maximum absolute atomic E-state index is 11.0. The number of fused-ring (bicyclic) bond motifs is 12. The molecule has 0 spiro atoms. The van der Waals surface area contributed by atoms with Crippen molar-refractivity contribution in [3.8, 4) is 11.5 Å². The highest BCUT2D eigenvalue weighted by Gasteiger charge is 2.66. The molecular weight excluding hydrogens is 1300 g/mol. The summed E-state index contributed by atoms with van der Waals surface area (Å²) in [7, 11) is 5.28. The van der Waals surface area contributed by atoms with Gasteiger partial charge in [-0.15, -0.1) is 11.6 Å². The van der Waals surface area contributed by atoms with Crippen molar-refractivity contribution in [2.24, 2.45) is 69.0 Å². The standard InChI is InChI=1S/C20H27BClO3.C19H26BO3.C19H24BO3.C15H19BO3.C10H18O2/c1-19(2)13-9-16(19)20(3,17(23)10-13)25-21-18(22)8-12-11-24-15-7-5-4-6-14(12)15;2*1-18(2)13-8-16(18)19(3,21)17(9-13)23-20-10-12-11-22-15-7-5-4-6-14(12)15;1-14(2)15(3,4)19-16(18-14)9-11-10-17-13-8-6-5-7-12(11)13;1-9(2)6-4-7(9)10(3,12)8(11)5-6/h4-7,12-13,16-18,23H,8-11H2,1-3H3;4-7,12-13,16-17,21H,8-11H2,1-3H3;4-7,11,13,16-17,21H,8-10H2,1-3H3;5-8,10H,9H2,1-4H3;6-8,11-12H,4-5H2,1-3H3/t12?,13-,16-,17+,18+,20-;12?,13-,16-,17+,19-;13-,16-,17+,19-;;6-,7-,8+,10-/m000.0/s1. The van der Waals surface area contributed by atoms with Crippen LogP contribution in [0.5, 0.6) is 11.5 Å². The third kappa shape index (κ3) is 13.9. The Morgan fingerprint density at radius 2 is 0.912 bits per heavy atom. The number of ether oxygens (including phenoxy) is 2. The first-order chi connectivity index (χ1) is 47.9. The second kappa shape index (κ2) is 28.1.